The second-order valence-corrected chi connectivity index (χ2v) is 6.65. The SMILES string of the molecule is COc1cccc(C[C@H]2CCCN2C(=O)c2ccc(N(C)C)nc2)c1. The number of pyridine rings is 1. The maximum atomic E-state index is 12.9. The van der Waals surface area contributed by atoms with Crippen LogP contribution in [0.2, 0.25) is 0 Å². The fourth-order valence-corrected chi connectivity index (χ4v) is 3.33. The molecule has 0 unspecified atom stereocenters. The van der Waals surface area contributed by atoms with E-state index in [1.54, 1.807) is 13.3 Å². The molecule has 1 atom stereocenters. The van der Waals surface area contributed by atoms with E-state index < -0.39 is 0 Å². The lowest BCUT2D eigenvalue weighted by atomic mass is 10.0. The monoisotopic (exact) mass is 339 g/mol. The first-order valence-corrected chi connectivity index (χ1v) is 8.66. The Labute approximate surface area is 149 Å². The molecule has 3 rings (SSSR count). The van der Waals surface area contributed by atoms with E-state index in [9.17, 15) is 4.79 Å². The molecule has 25 heavy (non-hydrogen) atoms. The van der Waals surface area contributed by atoms with Crippen LogP contribution in [-0.2, 0) is 6.42 Å². The highest BCUT2D eigenvalue weighted by atomic mass is 16.5. The van der Waals surface area contributed by atoms with Crippen molar-refractivity contribution in [2.75, 3.05) is 32.6 Å². The lowest BCUT2D eigenvalue weighted by Crippen LogP contribution is -2.36. The van der Waals surface area contributed by atoms with Crippen molar-refractivity contribution < 1.29 is 9.53 Å². The number of nitrogens with zero attached hydrogens (tertiary/aromatic N) is 3. The molecule has 1 aliphatic rings. The van der Waals surface area contributed by atoms with Gasteiger partial charge in [0.2, 0.25) is 0 Å². The third-order valence-electron chi connectivity index (χ3n) is 4.70. The highest BCUT2D eigenvalue weighted by molar-refractivity contribution is 5.94. The maximum absolute atomic E-state index is 12.9. The van der Waals surface area contributed by atoms with Crippen LogP contribution in [0.15, 0.2) is 42.6 Å². The molecule has 0 aliphatic carbocycles. The summed E-state index contributed by atoms with van der Waals surface area (Å²) in [6.07, 6.45) is 4.61. The molecule has 0 radical (unpaired) electrons. The van der Waals surface area contributed by atoms with Gasteiger partial charge in [0.1, 0.15) is 11.6 Å². The number of rotatable bonds is 5. The Kier molecular flexibility index (Phi) is 5.22. The minimum atomic E-state index is 0.0724. The van der Waals surface area contributed by atoms with Gasteiger partial charge in [-0.25, -0.2) is 4.98 Å². The summed E-state index contributed by atoms with van der Waals surface area (Å²) in [6, 6.07) is 12.1. The van der Waals surface area contributed by atoms with Gasteiger partial charge >= 0.3 is 0 Å². The van der Waals surface area contributed by atoms with Gasteiger partial charge in [-0.05, 0) is 49.1 Å². The molecule has 1 aromatic heterocycles. The average Bonchev–Trinajstić information content (AvgIpc) is 3.09. The standard InChI is InChI=1S/C20H25N3O2/c1-22(2)19-10-9-16(14-21-19)20(24)23-11-5-7-17(23)12-15-6-4-8-18(13-15)25-3/h4,6,8-10,13-14,17H,5,7,11-12H2,1-3H3/t17-/m1/s1. The van der Waals surface area contributed by atoms with E-state index in [2.05, 4.69) is 17.1 Å². The van der Waals surface area contributed by atoms with E-state index >= 15 is 0 Å². The van der Waals surface area contributed by atoms with Crippen molar-refractivity contribution in [2.45, 2.75) is 25.3 Å². The zero-order chi connectivity index (χ0) is 17.8. The third-order valence-corrected chi connectivity index (χ3v) is 4.70. The predicted octanol–water partition coefficient (Wildman–Crippen LogP) is 3.00. The van der Waals surface area contributed by atoms with Crippen molar-refractivity contribution in [1.82, 2.24) is 9.88 Å². The Morgan fingerprint density at radius 2 is 2.16 bits per heavy atom. The fourth-order valence-electron chi connectivity index (χ4n) is 3.33. The highest BCUT2D eigenvalue weighted by Crippen LogP contribution is 2.25. The molecule has 1 amide bonds. The number of methoxy groups -OCH3 is 1. The van der Waals surface area contributed by atoms with E-state index in [-0.39, 0.29) is 11.9 Å². The first-order chi connectivity index (χ1) is 12.1. The van der Waals surface area contributed by atoms with Crippen molar-refractivity contribution in [2.24, 2.45) is 0 Å². The van der Waals surface area contributed by atoms with Crippen molar-refractivity contribution in [3.05, 3.63) is 53.7 Å². The minimum Gasteiger partial charge on any atom is -0.497 e. The molecule has 1 fully saturated rings. The van der Waals surface area contributed by atoms with Crippen LogP contribution in [0.25, 0.3) is 0 Å². The van der Waals surface area contributed by atoms with Gasteiger partial charge < -0.3 is 14.5 Å². The lowest BCUT2D eigenvalue weighted by Gasteiger charge is -2.25. The number of likely N-dealkylation sites (tertiary alicyclic amines) is 1. The Morgan fingerprint density at radius 3 is 2.84 bits per heavy atom. The highest BCUT2D eigenvalue weighted by Gasteiger charge is 2.29. The number of carbonyl (C=O) groups is 1. The van der Waals surface area contributed by atoms with Crippen LogP contribution in [0.4, 0.5) is 5.82 Å². The van der Waals surface area contributed by atoms with E-state index in [0.29, 0.717) is 5.56 Å². The van der Waals surface area contributed by atoms with E-state index in [1.807, 2.05) is 48.2 Å². The van der Waals surface area contributed by atoms with Crippen molar-refractivity contribution in [3.63, 3.8) is 0 Å². The summed E-state index contributed by atoms with van der Waals surface area (Å²) < 4.78 is 5.30. The average molecular weight is 339 g/mol. The molecule has 0 bridgehead atoms. The normalized spacial score (nSPS) is 16.8. The third kappa shape index (κ3) is 3.92. The van der Waals surface area contributed by atoms with Gasteiger partial charge in [-0.15, -0.1) is 0 Å². The van der Waals surface area contributed by atoms with Gasteiger partial charge in [0, 0.05) is 32.9 Å². The summed E-state index contributed by atoms with van der Waals surface area (Å²) in [5.41, 5.74) is 1.85. The molecule has 5 nitrogen and oxygen atoms in total. The summed E-state index contributed by atoms with van der Waals surface area (Å²) in [5.74, 6) is 1.78. The van der Waals surface area contributed by atoms with Crippen LogP contribution in [0.1, 0.15) is 28.8 Å². The first-order valence-electron chi connectivity index (χ1n) is 8.66. The number of aromatic nitrogens is 1. The minimum absolute atomic E-state index is 0.0724. The van der Waals surface area contributed by atoms with Crippen LogP contribution in [0, 0.1) is 0 Å². The number of hydrogen-bond donors (Lipinski definition) is 0. The second-order valence-electron chi connectivity index (χ2n) is 6.65. The number of anilines is 1. The van der Waals surface area contributed by atoms with Crippen molar-refractivity contribution >= 4 is 11.7 Å². The molecule has 0 saturated carbocycles. The van der Waals surface area contributed by atoms with Crippen LogP contribution < -0.4 is 9.64 Å². The second kappa shape index (κ2) is 7.55. The van der Waals surface area contributed by atoms with Gasteiger partial charge in [-0.1, -0.05) is 12.1 Å². The molecule has 1 saturated heterocycles. The molecular weight excluding hydrogens is 314 g/mol. The number of carbonyl (C=O) groups excluding carboxylic acids is 1. The largest absolute Gasteiger partial charge is 0.497 e. The fraction of sp³-hybridized carbons (Fsp3) is 0.400. The molecule has 132 valence electrons. The van der Waals surface area contributed by atoms with E-state index in [1.165, 1.54) is 5.56 Å². The predicted molar refractivity (Wildman–Crippen MR) is 99.3 cm³/mol. The molecule has 0 N–H and O–H groups in total. The Hall–Kier alpha value is -2.56. The first kappa shape index (κ1) is 17.3. The Bertz CT molecular complexity index is 728. The van der Waals surface area contributed by atoms with Crippen LogP contribution >= 0.6 is 0 Å². The van der Waals surface area contributed by atoms with Crippen molar-refractivity contribution in [3.8, 4) is 5.75 Å². The molecule has 2 heterocycles. The Morgan fingerprint density at radius 1 is 1.32 bits per heavy atom. The summed E-state index contributed by atoms with van der Waals surface area (Å²) in [5, 5.41) is 0. The van der Waals surface area contributed by atoms with E-state index in [4.69, 9.17) is 4.74 Å². The smallest absolute Gasteiger partial charge is 0.255 e. The van der Waals surface area contributed by atoms with Crippen LogP contribution in [0.3, 0.4) is 0 Å². The van der Waals surface area contributed by atoms with Gasteiger partial charge in [0.05, 0.1) is 12.7 Å². The molecule has 5 heteroatoms. The summed E-state index contributed by atoms with van der Waals surface area (Å²) >= 11 is 0. The number of benzene rings is 1. The summed E-state index contributed by atoms with van der Waals surface area (Å²) in [4.78, 5) is 21.2. The Balaban J connectivity index is 1.72. The number of hydrogen-bond acceptors (Lipinski definition) is 4. The van der Waals surface area contributed by atoms with E-state index in [0.717, 1.165) is 37.4 Å². The lowest BCUT2D eigenvalue weighted by molar-refractivity contribution is 0.0736. The van der Waals surface area contributed by atoms with Gasteiger partial charge in [0.15, 0.2) is 0 Å². The zero-order valence-electron chi connectivity index (χ0n) is 15.1. The van der Waals surface area contributed by atoms with Gasteiger partial charge in [-0.2, -0.15) is 0 Å². The van der Waals surface area contributed by atoms with Crippen molar-refractivity contribution in [1.29, 1.82) is 0 Å². The van der Waals surface area contributed by atoms with Crippen LogP contribution in [-0.4, -0.2) is 49.6 Å². The molecule has 2 aromatic rings. The van der Waals surface area contributed by atoms with Gasteiger partial charge in [0.25, 0.3) is 5.91 Å². The quantitative estimate of drug-likeness (QED) is 0.840. The molecular formula is C20H25N3O2. The van der Waals surface area contributed by atoms with Gasteiger partial charge in [-0.3, -0.25) is 4.79 Å². The molecule has 1 aliphatic heterocycles. The zero-order valence-corrected chi connectivity index (χ0v) is 15.1. The summed E-state index contributed by atoms with van der Waals surface area (Å²) in [7, 11) is 5.55. The molecule has 0 spiro atoms. The summed E-state index contributed by atoms with van der Waals surface area (Å²) in [6.45, 7) is 0.808. The number of amides is 1. The maximum Gasteiger partial charge on any atom is 0.255 e. The topological polar surface area (TPSA) is 45.7 Å². The van der Waals surface area contributed by atoms with Crippen LogP contribution in [0.5, 0.6) is 5.75 Å². The molecule has 1 aromatic carbocycles. The number of ether oxygens (including phenoxy) is 1.